The van der Waals surface area contributed by atoms with Crippen molar-refractivity contribution in [2.75, 3.05) is 39.5 Å². The van der Waals surface area contributed by atoms with Crippen molar-refractivity contribution in [3.8, 4) is 23.0 Å². The molecular weight excluding hydrogens is 985 g/mol. The average molecular weight is 1050 g/mol. The number of anilines is 2. The van der Waals surface area contributed by atoms with E-state index in [2.05, 4.69) is 25.6 Å². The Balaban J connectivity index is 0.000000182. The number of methoxy groups -OCH3 is 4. The minimum Gasteiger partial charge on any atom is -0.497 e. The van der Waals surface area contributed by atoms with E-state index in [9.17, 15) is 20.4 Å². The van der Waals surface area contributed by atoms with Crippen molar-refractivity contribution >= 4 is 45.0 Å². The van der Waals surface area contributed by atoms with Crippen molar-refractivity contribution in [1.29, 1.82) is 0 Å². The zero-order valence-electron chi connectivity index (χ0n) is 44.8. The van der Waals surface area contributed by atoms with Gasteiger partial charge in [0.25, 0.3) is 0 Å². The van der Waals surface area contributed by atoms with Gasteiger partial charge in [0.2, 0.25) is 11.9 Å². The van der Waals surface area contributed by atoms with E-state index in [1.807, 2.05) is 67.0 Å². The second-order valence-corrected chi connectivity index (χ2v) is 21.7. The number of hydrogen-bond donors (Lipinski definition) is 6. The van der Waals surface area contributed by atoms with Gasteiger partial charge in [-0.2, -0.15) is 19.2 Å². The van der Waals surface area contributed by atoms with Crippen LogP contribution in [-0.4, -0.2) is 119 Å². The fraction of sp³-hybridized carbons (Fsp3) is 0.455. The first-order chi connectivity index (χ1) is 36.8. The second-order valence-electron chi connectivity index (χ2n) is 21.7. The van der Waals surface area contributed by atoms with Crippen LogP contribution in [0, 0.1) is 0 Å². The summed E-state index contributed by atoms with van der Waals surface area (Å²) in [5.74, 6) is 4.57. The third-order valence-electron chi connectivity index (χ3n) is 14.6. The fourth-order valence-corrected chi connectivity index (χ4v) is 10.9. The summed E-state index contributed by atoms with van der Waals surface area (Å²) in [7, 11) is 6.47. The SMILES string of the molecule is COc1ccc(CNc2nc3c(OC)cccc3c3nc(C4CCCC(O)(c5cnn(CC(C)(C)O)c5)C4)nn23)c(OC)c1.COc1cccc2c1nc(N)n1nc(C3CCCC(O)(c4cnn(CC(C)(C)O)c4)C3)nc21. The number of nitrogens with two attached hydrogens (primary N) is 1. The van der Waals surface area contributed by atoms with Crippen molar-refractivity contribution < 1.29 is 39.4 Å². The van der Waals surface area contributed by atoms with Gasteiger partial charge < -0.3 is 50.4 Å². The first kappa shape index (κ1) is 52.8. The molecule has 2 fully saturated rings. The number of fused-ring (bicyclic) bond motifs is 6. The van der Waals surface area contributed by atoms with E-state index in [0.717, 1.165) is 53.1 Å². The molecule has 0 spiro atoms. The summed E-state index contributed by atoms with van der Waals surface area (Å²) in [4.78, 5) is 19.3. The number of nitrogens with zero attached hydrogens (tertiary/aromatic N) is 12. The Bertz CT molecular complexity index is 3580. The lowest BCUT2D eigenvalue weighted by molar-refractivity contribution is -0.00997. The number of aromatic nitrogens is 12. The first-order valence-corrected chi connectivity index (χ1v) is 25.9. The van der Waals surface area contributed by atoms with Gasteiger partial charge in [-0.15, -0.1) is 10.2 Å². The monoisotopic (exact) mass is 1050 g/mol. The van der Waals surface area contributed by atoms with Gasteiger partial charge >= 0.3 is 0 Å². The largest absolute Gasteiger partial charge is 0.497 e. The summed E-state index contributed by atoms with van der Waals surface area (Å²) in [6.45, 7) is 8.04. The van der Waals surface area contributed by atoms with Crippen LogP contribution in [0.4, 0.5) is 11.9 Å². The van der Waals surface area contributed by atoms with Gasteiger partial charge in [0.1, 0.15) is 34.0 Å². The number of rotatable bonds is 15. The van der Waals surface area contributed by atoms with Crippen LogP contribution < -0.4 is 30.0 Å². The molecule has 0 amide bonds. The molecule has 4 atom stereocenters. The van der Waals surface area contributed by atoms with Crippen molar-refractivity contribution in [2.24, 2.45) is 0 Å². The molecule has 22 nitrogen and oxygen atoms in total. The molecule has 6 aromatic heterocycles. The molecule has 3 aromatic carbocycles. The van der Waals surface area contributed by atoms with Gasteiger partial charge in [0, 0.05) is 64.3 Å². The van der Waals surface area contributed by atoms with Crippen LogP contribution in [0.3, 0.4) is 0 Å². The highest BCUT2D eigenvalue weighted by atomic mass is 16.5. The maximum atomic E-state index is 11.8. The number of aliphatic hydroxyl groups is 4. The van der Waals surface area contributed by atoms with Crippen LogP contribution in [-0.2, 0) is 30.8 Å². The molecule has 11 rings (SSSR count). The van der Waals surface area contributed by atoms with Crippen molar-refractivity contribution in [1.82, 2.24) is 58.7 Å². The van der Waals surface area contributed by atoms with Crippen LogP contribution in [0.25, 0.3) is 33.1 Å². The van der Waals surface area contributed by atoms with Crippen LogP contribution >= 0.6 is 0 Å². The lowest BCUT2D eigenvalue weighted by atomic mass is 9.75. The molecular formula is C55H68N14O8. The van der Waals surface area contributed by atoms with Crippen LogP contribution in [0.2, 0.25) is 0 Å². The third-order valence-corrected chi connectivity index (χ3v) is 14.6. The Morgan fingerprint density at radius 2 is 1.16 bits per heavy atom. The maximum absolute atomic E-state index is 11.8. The van der Waals surface area contributed by atoms with Gasteiger partial charge in [-0.25, -0.2) is 19.9 Å². The zero-order valence-corrected chi connectivity index (χ0v) is 44.8. The molecule has 4 unspecified atom stereocenters. The third kappa shape index (κ3) is 10.9. The number of para-hydroxylation sites is 2. The van der Waals surface area contributed by atoms with E-state index in [-0.39, 0.29) is 17.8 Å². The Morgan fingerprint density at radius 1 is 0.649 bits per heavy atom. The molecule has 77 heavy (non-hydrogen) atoms. The Morgan fingerprint density at radius 3 is 1.66 bits per heavy atom. The molecule has 6 heterocycles. The zero-order chi connectivity index (χ0) is 54.4. The van der Waals surface area contributed by atoms with E-state index < -0.39 is 22.4 Å². The summed E-state index contributed by atoms with van der Waals surface area (Å²) < 4.78 is 28.7. The number of ether oxygens (including phenoxy) is 4. The lowest BCUT2D eigenvalue weighted by Crippen LogP contribution is -2.32. The predicted octanol–water partition coefficient (Wildman–Crippen LogP) is 6.81. The van der Waals surface area contributed by atoms with Gasteiger partial charge in [-0.05, 0) is 115 Å². The van der Waals surface area contributed by atoms with Crippen LogP contribution in [0.15, 0.2) is 79.4 Å². The van der Waals surface area contributed by atoms with E-state index in [1.165, 1.54) is 0 Å². The predicted molar refractivity (Wildman–Crippen MR) is 288 cm³/mol. The Hall–Kier alpha value is -7.66. The Kier molecular flexibility index (Phi) is 14.2. The highest BCUT2D eigenvalue weighted by molar-refractivity contribution is 5.96. The molecule has 0 aliphatic heterocycles. The topological polar surface area (TPSA) is 278 Å². The molecule has 0 bridgehead atoms. The number of hydrogen-bond acceptors (Lipinski definition) is 18. The molecule has 2 saturated carbocycles. The van der Waals surface area contributed by atoms with Crippen molar-refractivity contribution in [2.45, 2.75) is 133 Å². The summed E-state index contributed by atoms with van der Waals surface area (Å²) in [6.07, 6.45) is 12.6. The molecule has 2 aliphatic carbocycles. The van der Waals surface area contributed by atoms with Gasteiger partial charge in [-0.3, -0.25) is 9.36 Å². The van der Waals surface area contributed by atoms with Crippen molar-refractivity contribution in [3.63, 3.8) is 0 Å². The highest BCUT2D eigenvalue weighted by Crippen LogP contribution is 2.46. The summed E-state index contributed by atoms with van der Waals surface area (Å²) in [5.41, 5.74) is 7.29. The second kappa shape index (κ2) is 20.7. The summed E-state index contributed by atoms with van der Waals surface area (Å²) >= 11 is 0. The molecule has 7 N–H and O–H groups in total. The summed E-state index contributed by atoms with van der Waals surface area (Å²) in [5, 5.41) is 67.1. The van der Waals surface area contributed by atoms with Crippen molar-refractivity contribution in [3.05, 3.63) is 108 Å². The molecule has 9 aromatic rings. The minimum absolute atomic E-state index is 0.0404. The number of benzene rings is 3. The smallest absolute Gasteiger partial charge is 0.226 e. The molecule has 406 valence electrons. The quantitative estimate of drug-likeness (QED) is 0.0615. The van der Waals surface area contributed by atoms with E-state index >= 15 is 0 Å². The number of nitrogen functional groups attached to an aromatic ring is 1. The molecule has 22 heteroatoms. The van der Waals surface area contributed by atoms with Gasteiger partial charge in [-0.1, -0.05) is 12.1 Å². The normalized spacial score (nSPS) is 20.1. The summed E-state index contributed by atoms with van der Waals surface area (Å²) in [6, 6.07) is 17.1. The van der Waals surface area contributed by atoms with E-state index in [0.29, 0.717) is 108 Å². The molecule has 0 radical (unpaired) electrons. The van der Waals surface area contributed by atoms with Gasteiger partial charge in [0.15, 0.2) is 22.9 Å². The maximum Gasteiger partial charge on any atom is 0.226 e. The Labute approximate surface area is 444 Å². The highest BCUT2D eigenvalue weighted by Gasteiger charge is 2.41. The minimum atomic E-state index is -1.08. The average Bonchev–Trinajstić information content (AvgIpc) is 4.34. The molecule has 2 aliphatic rings. The molecule has 0 saturated heterocycles. The fourth-order valence-electron chi connectivity index (χ4n) is 10.9. The van der Waals surface area contributed by atoms with Crippen LogP contribution in [0.1, 0.15) is 119 Å². The standard InChI is InChI=1S/C32H39N7O5.C23H29N7O3/c1-31(2,40)19-38-18-22(17-34-38)32(41)13-7-8-20(15-32)28-36-29-24-9-6-10-25(43-4)27(24)35-30(39(29)37-28)33-16-21-11-12-23(42-3)14-26(21)44-5;1-22(2,31)13-29-12-15(11-25-29)23(32)9-5-6-14(10-23)19-27-20-16-7-4-8-17(33-3)18(16)26-21(24)30(20)28-19/h6,9-12,14,17-18,20,40-41H,7-8,13,15-16,19H2,1-5H3,(H,33,35);4,7-8,11-12,14,31-32H,5-6,9-10,13H2,1-3H3,(H2,24,26). The first-order valence-electron chi connectivity index (χ1n) is 25.9. The number of nitrogens with one attached hydrogen (secondary N) is 1. The van der Waals surface area contributed by atoms with E-state index in [1.54, 1.807) is 86.9 Å². The van der Waals surface area contributed by atoms with Crippen LogP contribution in [0.5, 0.6) is 23.0 Å². The van der Waals surface area contributed by atoms with E-state index in [4.69, 9.17) is 44.7 Å². The lowest BCUT2D eigenvalue weighted by Gasteiger charge is -2.35. The van der Waals surface area contributed by atoms with Gasteiger partial charge in [0.05, 0.1) is 76.3 Å².